The molecule has 1 atom stereocenters. The third kappa shape index (κ3) is 3.85. The number of amides is 1. The predicted molar refractivity (Wildman–Crippen MR) is 57.0 cm³/mol. The van der Waals surface area contributed by atoms with E-state index >= 15 is 0 Å². The second-order valence-electron chi connectivity index (χ2n) is 3.30. The number of ether oxygens (including phenoxy) is 1. The fourth-order valence-electron chi connectivity index (χ4n) is 1.04. The van der Waals surface area contributed by atoms with Crippen molar-refractivity contribution in [3.63, 3.8) is 0 Å². The number of carbonyl (C=O) groups is 1. The molecule has 0 bridgehead atoms. The molecule has 7 nitrogen and oxygen atoms in total. The SMILES string of the molecule is COCCNC(=O)C(C)Nc1nc(C)no1. The van der Waals surface area contributed by atoms with Crippen molar-refractivity contribution in [1.82, 2.24) is 15.5 Å². The van der Waals surface area contributed by atoms with Gasteiger partial charge in [0.25, 0.3) is 0 Å². The maximum absolute atomic E-state index is 11.5. The Labute approximate surface area is 93.5 Å². The summed E-state index contributed by atoms with van der Waals surface area (Å²) >= 11 is 0. The first-order valence-electron chi connectivity index (χ1n) is 4.97. The molecular formula is C9H16N4O3. The average Bonchev–Trinajstić information content (AvgIpc) is 2.64. The number of carbonyl (C=O) groups excluding carboxylic acids is 1. The molecule has 7 heteroatoms. The van der Waals surface area contributed by atoms with E-state index in [1.54, 1.807) is 21.0 Å². The molecule has 2 N–H and O–H groups in total. The normalized spacial score (nSPS) is 12.2. The van der Waals surface area contributed by atoms with Crippen LogP contribution in [-0.2, 0) is 9.53 Å². The second kappa shape index (κ2) is 6.06. The summed E-state index contributed by atoms with van der Waals surface area (Å²) in [4.78, 5) is 15.4. The highest BCUT2D eigenvalue weighted by molar-refractivity contribution is 5.83. The van der Waals surface area contributed by atoms with Crippen molar-refractivity contribution >= 4 is 11.9 Å². The van der Waals surface area contributed by atoms with Crippen molar-refractivity contribution in [1.29, 1.82) is 0 Å². The molecule has 0 radical (unpaired) electrons. The summed E-state index contributed by atoms with van der Waals surface area (Å²) in [6, 6.07) is -0.191. The molecular weight excluding hydrogens is 212 g/mol. The topological polar surface area (TPSA) is 89.3 Å². The number of methoxy groups -OCH3 is 1. The van der Waals surface area contributed by atoms with Crippen LogP contribution in [0.4, 0.5) is 6.01 Å². The molecule has 1 aromatic heterocycles. The Morgan fingerprint density at radius 2 is 2.38 bits per heavy atom. The van der Waals surface area contributed by atoms with E-state index in [0.29, 0.717) is 19.0 Å². The summed E-state index contributed by atoms with van der Waals surface area (Å²) in [5.41, 5.74) is 0. The maximum atomic E-state index is 11.5. The number of rotatable bonds is 6. The lowest BCUT2D eigenvalue weighted by atomic mass is 10.3. The summed E-state index contributed by atoms with van der Waals surface area (Å²) in [7, 11) is 1.58. The van der Waals surface area contributed by atoms with Gasteiger partial charge >= 0.3 is 6.01 Å². The number of nitrogens with zero attached hydrogens (tertiary/aromatic N) is 2. The van der Waals surface area contributed by atoms with Crippen LogP contribution < -0.4 is 10.6 Å². The molecule has 0 aliphatic carbocycles. The Morgan fingerprint density at radius 1 is 1.62 bits per heavy atom. The fraction of sp³-hybridized carbons (Fsp3) is 0.667. The van der Waals surface area contributed by atoms with E-state index in [1.807, 2.05) is 0 Å². The molecule has 1 rings (SSSR count). The van der Waals surface area contributed by atoms with Gasteiger partial charge in [-0.1, -0.05) is 5.16 Å². The molecule has 0 aliphatic rings. The van der Waals surface area contributed by atoms with Crippen LogP contribution in [0.3, 0.4) is 0 Å². The van der Waals surface area contributed by atoms with E-state index in [-0.39, 0.29) is 11.9 Å². The number of hydrogen-bond acceptors (Lipinski definition) is 6. The van der Waals surface area contributed by atoms with Crippen molar-refractivity contribution < 1.29 is 14.1 Å². The van der Waals surface area contributed by atoms with Crippen LogP contribution >= 0.6 is 0 Å². The molecule has 90 valence electrons. The van der Waals surface area contributed by atoms with Gasteiger partial charge in [-0.15, -0.1) is 0 Å². The van der Waals surface area contributed by atoms with Gasteiger partial charge in [-0.2, -0.15) is 4.98 Å². The molecule has 1 aromatic rings. The smallest absolute Gasteiger partial charge is 0.322 e. The first kappa shape index (κ1) is 12.4. The van der Waals surface area contributed by atoms with Gasteiger partial charge in [-0.25, -0.2) is 0 Å². The summed E-state index contributed by atoms with van der Waals surface area (Å²) in [6.45, 7) is 4.38. The number of aryl methyl sites for hydroxylation is 1. The van der Waals surface area contributed by atoms with Crippen LogP contribution in [0.15, 0.2) is 4.52 Å². The van der Waals surface area contributed by atoms with Gasteiger partial charge in [0.05, 0.1) is 6.61 Å². The Balaban J connectivity index is 2.34. The molecule has 0 saturated heterocycles. The zero-order valence-electron chi connectivity index (χ0n) is 9.61. The van der Waals surface area contributed by atoms with E-state index in [2.05, 4.69) is 20.8 Å². The molecule has 0 aromatic carbocycles. The van der Waals surface area contributed by atoms with Crippen LogP contribution in [0.2, 0.25) is 0 Å². The molecule has 1 amide bonds. The van der Waals surface area contributed by atoms with Gasteiger partial charge in [0, 0.05) is 13.7 Å². The molecule has 0 saturated carbocycles. The van der Waals surface area contributed by atoms with E-state index in [4.69, 9.17) is 9.26 Å². The Bertz CT molecular complexity index is 339. The van der Waals surface area contributed by atoms with Gasteiger partial charge in [-0.05, 0) is 13.8 Å². The molecule has 0 spiro atoms. The lowest BCUT2D eigenvalue weighted by Gasteiger charge is -2.11. The van der Waals surface area contributed by atoms with Crippen molar-refractivity contribution in [2.75, 3.05) is 25.6 Å². The highest BCUT2D eigenvalue weighted by Gasteiger charge is 2.14. The fourth-order valence-corrected chi connectivity index (χ4v) is 1.04. The van der Waals surface area contributed by atoms with Crippen LogP contribution in [0.25, 0.3) is 0 Å². The standard InChI is InChI=1S/C9H16N4O3/c1-6(8(14)10-4-5-15-3)11-9-12-7(2)13-16-9/h6H,4-5H2,1-3H3,(H,10,14)(H,11,12,13). The van der Waals surface area contributed by atoms with Gasteiger partial charge < -0.3 is 19.9 Å². The van der Waals surface area contributed by atoms with Gasteiger partial charge in [0.2, 0.25) is 5.91 Å². The van der Waals surface area contributed by atoms with E-state index < -0.39 is 6.04 Å². The van der Waals surface area contributed by atoms with Gasteiger partial charge in [-0.3, -0.25) is 4.79 Å². The summed E-state index contributed by atoms with van der Waals surface area (Å²) in [6.07, 6.45) is 0. The van der Waals surface area contributed by atoms with Crippen LogP contribution in [0.1, 0.15) is 12.7 Å². The quantitative estimate of drug-likeness (QED) is 0.663. The van der Waals surface area contributed by atoms with E-state index in [0.717, 1.165) is 0 Å². The van der Waals surface area contributed by atoms with Crippen LogP contribution in [0, 0.1) is 6.92 Å². The molecule has 0 aliphatic heterocycles. The Kier molecular flexibility index (Phi) is 4.71. The Morgan fingerprint density at radius 3 is 2.94 bits per heavy atom. The van der Waals surface area contributed by atoms with Crippen molar-refractivity contribution in [2.45, 2.75) is 19.9 Å². The number of hydrogen-bond donors (Lipinski definition) is 2. The van der Waals surface area contributed by atoms with E-state index in [1.165, 1.54) is 0 Å². The van der Waals surface area contributed by atoms with Crippen molar-refractivity contribution in [3.8, 4) is 0 Å². The lowest BCUT2D eigenvalue weighted by molar-refractivity contribution is -0.121. The van der Waals surface area contributed by atoms with Gasteiger partial charge in [0.1, 0.15) is 6.04 Å². The van der Waals surface area contributed by atoms with Crippen molar-refractivity contribution in [2.24, 2.45) is 0 Å². The summed E-state index contributed by atoms with van der Waals surface area (Å²) < 4.78 is 9.65. The highest BCUT2D eigenvalue weighted by atomic mass is 16.5. The minimum absolute atomic E-state index is 0.145. The second-order valence-corrected chi connectivity index (χ2v) is 3.30. The predicted octanol–water partition coefficient (Wildman–Crippen LogP) is -0.0590. The minimum atomic E-state index is -0.434. The monoisotopic (exact) mass is 228 g/mol. The zero-order valence-corrected chi connectivity index (χ0v) is 9.61. The third-order valence-electron chi connectivity index (χ3n) is 1.87. The lowest BCUT2D eigenvalue weighted by Crippen LogP contribution is -2.39. The van der Waals surface area contributed by atoms with E-state index in [9.17, 15) is 4.79 Å². The van der Waals surface area contributed by atoms with Crippen molar-refractivity contribution in [3.05, 3.63) is 5.82 Å². The first-order chi connectivity index (χ1) is 7.63. The number of nitrogens with one attached hydrogen (secondary N) is 2. The molecule has 1 unspecified atom stereocenters. The molecule has 16 heavy (non-hydrogen) atoms. The zero-order chi connectivity index (χ0) is 12.0. The van der Waals surface area contributed by atoms with Crippen LogP contribution in [0.5, 0.6) is 0 Å². The summed E-state index contributed by atoms with van der Waals surface area (Å²) in [5, 5.41) is 9.09. The minimum Gasteiger partial charge on any atom is -0.383 e. The highest BCUT2D eigenvalue weighted by Crippen LogP contribution is 2.03. The van der Waals surface area contributed by atoms with Gasteiger partial charge in [0.15, 0.2) is 5.82 Å². The first-order valence-corrected chi connectivity index (χ1v) is 4.97. The average molecular weight is 228 g/mol. The largest absolute Gasteiger partial charge is 0.383 e. The maximum Gasteiger partial charge on any atom is 0.322 e. The number of anilines is 1. The molecule has 1 heterocycles. The Hall–Kier alpha value is -1.63. The number of aromatic nitrogens is 2. The molecule has 0 fully saturated rings. The summed E-state index contributed by atoms with van der Waals surface area (Å²) in [5.74, 6) is 0.377. The third-order valence-corrected chi connectivity index (χ3v) is 1.87. The van der Waals surface area contributed by atoms with Crippen LogP contribution in [-0.4, -0.2) is 42.4 Å².